The molecule has 0 aliphatic carbocycles. The van der Waals surface area contributed by atoms with E-state index in [2.05, 4.69) is 0 Å². The summed E-state index contributed by atoms with van der Waals surface area (Å²) in [5.41, 5.74) is 0.935. The van der Waals surface area contributed by atoms with Gasteiger partial charge < -0.3 is 14.2 Å². The molecule has 4 nitrogen and oxygen atoms in total. The third-order valence-corrected chi connectivity index (χ3v) is 3.35. The van der Waals surface area contributed by atoms with Gasteiger partial charge in [0.2, 0.25) is 0 Å². The van der Waals surface area contributed by atoms with Crippen LogP contribution in [0.15, 0.2) is 24.3 Å². The van der Waals surface area contributed by atoms with Crippen molar-refractivity contribution in [3.8, 4) is 5.75 Å². The maximum Gasteiger partial charge on any atom is 0.311 e. The molecular weight excluding hydrogens is 244 g/mol. The topological polar surface area (TPSA) is 44.8 Å². The van der Waals surface area contributed by atoms with E-state index in [0.29, 0.717) is 6.61 Å². The summed E-state index contributed by atoms with van der Waals surface area (Å²) >= 11 is 0. The lowest BCUT2D eigenvalue weighted by atomic mass is 10.0. The second kappa shape index (κ2) is 6.57. The van der Waals surface area contributed by atoms with Crippen molar-refractivity contribution >= 4 is 5.97 Å². The van der Waals surface area contributed by atoms with E-state index in [1.165, 1.54) is 0 Å². The molecule has 104 valence electrons. The molecule has 0 unspecified atom stereocenters. The first-order valence-electron chi connectivity index (χ1n) is 6.63. The van der Waals surface area contributed by atoms with E-state index in [1.807, 2.05) is 31.2 Å². The quantitative estimate of drug-likeness (QED) is 0.784. The second-order valence-corrected chi connectivity index (χ2v) is 4.77. The summed E-state index contributed by atoms with van der Waals surface area (Å²) in [6.45, 7) is 3.09. The Morgan fingerprint density at radius 3 is 3.00 bits per heavy atom. The van der Waals surface area contributed by atoms with Crippen molar-refractivity contribution < 1.29 is 19.0 Å². The minimum absolute atomic E-state index is 0.123. The van der Waals surface area contributed by atoms with Gasteiger partial charge in [-0.05, 0) is 37.5 Å². The van der Waals surface area contributed by atoms with Crippen molar-refractivity contribution in [2.45, 2.75) is 25.9 Å². The Morgan fingerprint density at radius 2 is 2.32 bits per heavy atom. The fourth-order valence-corrected chi connectivity index (χ4v) is 2.16. The van der Waals surface area contributed by atoms with Crippen molar-refractivity contribution in [2.24, 2.45) is 5.92 Å². The van der Waals surface area contributed by atoms with Crippen LogP contribution in [0.3, 0.4) is 0 Å². The molecule has 19 heavy (non-hydrogen) atoms. The van der Waals surface area contributed by atoms with Crippen LogP contribution in [0, 0.1) is 5.92 Å². The number of carbonyl (C=O) groups excluding carboxylic acids is 1. The van der Waals surface area contributed by atoms with Gasteiger partial charge in [0, 0.05) is 6.61 Å². The van der Waals surface area contributed by atoms with Crippen LogP contribution in [0.4, 0.5) is 0 Å². The highest BCUT2D eigenvalue weighted by molar-refractivity contribution is 5.73. The van der Waals surface area contributed by atoms with Crippen LogP contribution in [-0.4, -0.2) is 26.3 Å². The Hall–Kier alpha value is -1.55. The lowest BCUT2D eigenvalue weighted by molar-refractivity contribution is -0.158. The van der Waals surface area contributed by atoms with Gasteiger partial charge in [0.15, 0.2) is 0 Å². The highest BCUT2D eigenvalue weighted by atomic mass is 16.5. The lowest BCUT2D eigenvalue weighted by Gasteiger charge is -2.23. The summed E-state index contributed by atoms with van der Waals surface area (Å²) in [6.07, 6.45) is 1.50. The first-order valence-corrected chi connectivity index (χ1v) is 6.63. The zero-order valence-corrected chi connectivity index (χ0v) is 11.4. The molecule has 1 aliphatic heterocycles. The van der Waals surface area contributed by atoms with Crippen molar-refractivity contribution in [3.05, 3.63) is 29.8 Å². The number of hydrogen-bond acceptors (Lipinski definition) is 4. The molecule has 1 saturated heterocycles. The average Bonchev–Trinajstić information content (AvgIpc) is 2.48. The fraction of sp³-hybridized carbons (Fsp3) is 0.533. The standard InChI is InChI=1S/C15H20O4/c1-11(12-5-3-7-14(9-12)17-2)19-15(16)13-6-4-8-18-10-13/h3,5,7,9,11,13H,4,6,8,10H2,1-2H3/t11-,13+/m0/s1. The first-order chi connectivity index (χ1) is 9.20. The Labute approximate surface area is 113 Å². The van der Waals surface area contributed by atoms with Crippen molar-refractivity contribution in [2.75, 3.05) is 20.3 Å². The molecule has 0 bridgehead atoms. The van der Waals surface area contributed by atoms with E-state index in [-0.39, 0.29) is 18.0 Å². The maximum atomic E-state index is 12.0. The largest absolute Gasteiger partial charge is 0.497 e. The minimum atomic E-state index is -0.274. The molecule has 1 aliphatic rings. The van der Waals surface area contributed by atoms with Crippen molar-refractivity contribution in [1.82, 2.24) is 0 Å². The third-order valence-electron chi connectivity index (χ3n) is 3.35. The van der Waals surface area contributed by atoms with Gasteiger partial charge in [0.05, 0.1) is 19.6 Å². The zero-order valence-electron chi connectivity index (χ0n) is 11.4. The number of hydrogen-bond donors (Lipinski definition) is 0. The summed E-state index contributed by atoms with van der Waals surface area (Å²) in [5, 5.41) is 0. The van der Waals surface area contributed by atoms with E-state index in [4.69, 9.17) is 14.2 Å². The smallest absolute Gasteiger partial charge is 0.311 e. The van der Waals surface area contributed by atoms with E-state index in [9.17, 15) is 4.79 Å². The molecule has 1 aromatic rings. The first kappa shape index (κ1) is 13.9. The highest BCUT2D eigenvalue weighted by Crippen LogP contribution is 2.24. The van der Waals surface area contributed by atoms with Gasteiger partial charge in [-0.2, -0.15) is 0 Å². The van der Waals surface area contributed by atoms with Gasteiger partial charge in [0.1, 0.15) is 11.9 Å². The number of benzene rings is 1. The minimum Gasteiger partial charge on any atom is -0.497 e. The monoisotopic (exact) mass is 264 g/mol. The summed E-state index contributed by atoms with van der Waals surface area (Å²) in [7, 11) is 1.62. The van der Waals surface area contributed by atoms with Gasteiger partial charge in [-0.25, -0.2) is 0 Å². The SMILES string of the molecule is COc1cccc([C@H](C)OC(=O)[C@@H]2CCCOC2)c1. The van der Waals surface area contributed by atoms with E-state index < -0.39 is 0 Å². The van der Waals surface area contributed by atoms with Crippen LogP contribution in [0.1, 0.15) is 31.4 Å². The van der Waals surface area contributed by atoms with Gasteiger partial charge in [-0.3, -0.25) is 4.79 Å². The van der Waals surface area contributed by atoms with Gasteiger partial charge in [0.25, 0.3) is 0 Å². The number of methoxy groups -OCH3 is 1. The molecule has 0 N–H and O–H groups in total. The molecule has 0 aromatic heterocycles. The van der Waals surface area contributed by atoms with E-state index >= 15 is 0 Å². The number of rotatable bonds is 4. The van der Waals surface area contributed by atoms with Crippen LogP contribution in [0.25, 0.3) is 0 Å². The summed E-state index contributed by atoms with van der Waals surface area (Å²) < 4.78 is 16.0. The molecule has 0 amide bonds. The predicted molar refractivity (Wildman–Crippen MR) is 71.0 cm³/mol. The Kier molecular flexibility index (Phi) is 4.80. The fourth-order valence-electron chi connectivity index (χ4n) is 2.16. The Bertz CT molecular complexity index is 424. The van der Waals surface area contributed by atoms with Gasteiger partial charge in [-0.15, -0.1) is 0 Å². The summed E-state index contributed by atoms with van der Waals surface area (Å²) in [5.74, 6) is 0.471. The van der Waals surface area contributed by atoms with Crippen LogP contribution in [0.2, 0.25) is 0 Å². The van der Waals surface area contributed by atoms with Gasteiger partial charge >= 0.3 is 5.97 Å². The second-order valence-electron chi connectivity index (χ2n) is 4.77. The average molecular weight is 264 g/mol. The van der Waals surface area contributed by atoms with E-state index in [0.717, 1.165) is 30.8 Å². The van der Waals surface area contributed by atoms with Crippen LogP contribution in [0.5, 0.6) is 5.75 Å². The number of carbonyl (C=O) groups is 1. The Balaban J connectivity index is 1.95. The molecule has 1 aromatic carbocycles. The van der Waals surface area contributed by atoms with Crippen LogP contribution < -0.4 is 4.74 Å². The molecule has 1 heterocycles. The molecule has 0 radical (unpaired) electrons. The summed E-state index contributed by atoms with van der Waals surface area (Å²) in [6, 6.07) is 7.57. The van der Waals surface area contributed by atoms with Gasteiger partial charge in [-0.1, -0.05) is 12.1 Å². The summed E-state index contributed by atoms with van der Waals surface area (Å²) in [4.78, 5) is 12.0. The lowest BCUT2D eigenvalue weighted by Crippen LogP contribution is -2.27. The third kappa shape index (κ3) is 3.70. The molecule has 0 spiro atoms. The van der Waals surface area contributed by atoms with Crippen molar-refractivity contribution in [3.63, 3.8) is 0 Å². The molecule has 1 fully saturated rings. The van der Waals surface area contributed by atoms with Crippen molar-refractivity contribution in [1.29, 1.82) is 0 Å². The predicted octanol–water partition coefficient (Wildman–Crippen LogP) is 2.73. The molecule has 0 saturated carbocycles. The molecular formula is C15H20O4. The maximum absolute atomic E-state index is 12.0. The van der Waals surface area contributed by atoms with E-state index in [1.54, 1.807) is 7.11 Å². The molecule has 2 rings (SSSR count). The highest BCUT2D eigenvalue weighted by Gasteiger charge is 2.25. The van der Waals surface area contributed by atoms with Crippen LogP contribution >= 0.6 is 0 Å². The zero-order chi connectivity index (χ0) is 13.7. The number of esters is 1. The number of ether oxygens (including phenoxy) is 3. The molecule has 2 atom stereocenters. The van der Waals surface area contributed by atoms with Crippen LogP contribution in [-0.2, 0) is 14.3 Å². The molecule has 4 heteroatoms. The Morgan fingerprint density at radius 1 is 1.47 bits per heavy atom. The normalized spacial score (nSPS) is 20.6.